The molecule has 26 heavy (non-hydrogen) atoms. The van der Waals surface area contributed by atoms with Gasteiger partial charge in [-0.25, -0.2) is 4.98 Å². The molecule has 1 aromatic heterocycles. The van der Waals surface area contributed by atoms with Crippen LogP contribution in [0, 0.1) is 0 Å². The van der Waals surface area contributed by atoms with E-state index in [0.717, 1.165) is 14.7 Å². The maximum absolute atomic E-state index is 12.9. The lowest BCUT2D eigenvalue weighted by molar-refractivity contribution is -0.114. The first-order valence-electron chi connectivity index (χ1n) is 7.59. The van der Waals surface area contributed by atoms with Crippen molar-refractivity contribution in [3.63, 3.8) is 0 Å². The van der Waals surface area contributed by atoms with E-state index < -0.39 is 0 Å². The zero-order valence-electron chi connectivity index (χ0n) is 13.4. The van der Waals surface area contributed by atoms with Gasteiger partial charge in [0.15, 0.2) is 0 Å². The number of nitrogens with zero attached hydrogens (tertiary/aromatic N) is 3. The minimum atomic E-state index is -0.267. The van der Waals surface area contributed by atoms with Gasteiger partial charge in [0.05, 0.1) is 26.0 Å². The minimum absolute atomic E-state index is 0.0692. The number of rotatable bonds is 2. The number of hydrazone groups is 1. The zero-order valence-corrected chi connectivity index (χ0v) is 17.4. The Hall–Kier alpha value is -2.03. The molecule has 2 heterocycles. The first-order chi connectivity index (χ1) is 12.4. The second-order valence-electron chi connectivity index (χ2n) is 5.65. The Kier molecular flexibility index (Phi) is 4.42. The third-order valence-electron chi connectivity index (χ3n) is 3.88. The number of para-hydroxylation sites is 1. The molecular weight excluding hydrogens is 482 g/mol. The van der Waals surface area contributed by atoms with Crippen LogP contribution in [-0.2, 0) is 4.79 Å². The summed E-state index contributed by atoms with van der Waals surface area (Å²) in [4.78, 5) is 17.4. The van der Waals surface area contributed by atoms with Gasteiger partial charge in [-0.15, -0.1) is 0 Å². The van der Waals surface area contributed by atoms with E-state index in [1.165, 1.54) is 16.3 Å². The Morgan fingerprint density at radius 1 is 1.23 bits per heavy atom. The van der Waals surface area contributed by atoms with Crippen molar-refractivity contribution in [3.8, 4) is 5.75 Å². The van der Waals surface area contributed by atoms with Crippen LogP contribution < -0.4 is 5.01 Å². The number of anilines is 1. The van der Waals surface area contributed by atoms with Gasteiger partial charge in [0.1, 0.15) is 5.75 Å². The van der Waals surface area contributed by atoms with E-state index in [-0.39, 0.29) is 11.7 Å². The number of fused-ring (bicyclic) bond motifs is 1. The first kappa shape index (κ1) is 17.4. The van der Waals surface area contributed by atoms with Gasteiger partial charge in [-0.1, -0.05) is 39.4 Å². The molecule has 0 saturated carbocycles. The summed E-state index contributed by atoms with van der Waals surface area (Å²) in [5.41, 5.74) is 2.35. The molecule has 1 N–H and O–H groups in total. The molecular formula is C18H11Br2N3O2S. The van der Waals surface area contributed by atoms with E-state index in [1.807, 2.05) is 24.3 Å². The van der Waals surface area contributed by atoms with Crippen LogP contribution in [0.1, 0.15) is 12.5 Å². The molecule has 1 amide bonds. The second kappa shape index (κ2) is 6.61. The van der Waals surface area contributed by atoms with Gasteiger partial charge >= 0.3 is 0 Å². The maximum atomic E-state index is 12.9. The van der Waals surface area contributed by atoms with Crippen molar-refractivity contribution < 1.29 is 9.90 Å². The average Bonchev–Trinajstić information content (AvgIpc) is 3.15. The standard InChI is InChI=1S/C18H11Br2N3O2S/c1-9-12(7-10-6-11(19)8-13(20)16(10)24)17(25)23(22-9)18-21-14-4-2-3-5-15(14)26-18/h2-8,24H,1H3. The highest BCUT2D eigenvalue weighted by Gasteiger charge is 2.31. The van der Waals surface area contributed by atoms with Crippen LogP contribution in [0.4, 0.5) is 5.13 Å². The molecule has 0 atom stereocenters. The summed E-state index contributed by atoms with van der Waals surface area (Å²) < 4.78 is 2.33. The highest BCUT2D eigenvalue weighted by molar-refractivity contribution is 9.11. The molecule has 0 fully saturated rings. The monoisotopic (exact) mass is 491 g/mol. The Bertz CT molecular complexity index is 1090. The molecule has 1 aliphatic heterocycles. The Labute approximate surface area is 169 Å². The number of amides is 1. The molecule has 130 valence electrons. The number of aromatic nitrogens is 1. The van der Waals surface area contributed by atoms with E-state index >= 15 is 0 Å². The molecule has 0 spiro atoms. The molecule has 0 saturated heterocycles. The third kappa shape index (κ3) is 2.98. The van der Waals surface area contributed by atoms with Gasteiger partial charge in [0.25, 0.3) is 5.91 Å². The number of benzene rings is 2. The number of thiazole rings is 1. The Balaban J connectivity index is 1.75. The molecule has 0 radical (unpaired) electrons. The van der Waals surface area contributed by atoms with E-state index in [9.17, 15) is 9.90 Å². The fourth-order valence-electron chi connectivity index (χ4n) is 2.62. The van der Waals surface area contributed by atoms with E-state index in [0.29, 0.717) is 26.5 Å². The summed E-state index contributed by atoms with van der Waals surface area (Å²) in [6.07, 6.45) is 1.64. The summed E-state index contributed by atoms with van der Waals surface area (Å²) in [5.74, 6) is -0.197. The van der Waals surface area contributed by atoms with E-state index in [2.05, 4.69) is 41.9 Å². The van der Waals surface area contributed by atoms with Crippen molar-refractivity contribution in [2.45, 2.75) is 6.92 Å². The number of carbonyl (C=O) groups is 1. The Morgan fingerprint density at radius 2 is 2.00 bits per heavy atom. The lowest BCUT2D eigenvalue weighted by Crippen LogP contribution is -2.21. The van der Waals surface area contributed by atoms with Crippen LogP contribution in [0.2, 0.25) is 0 Å². The topological polar surface area (TPSA) is 65.8 Å². The number of phenols is 1. The van der Waals surface area contributed by atoms with Crippen molar-refractivity contribution in [2.24, 2.45) is 5.10 Å². The van der Waals surface area contributed by atoms with Crippen molar-refractivity contribution in [3.05, 3.63) is 56.5 Å². The summed E-state index contributed by atoms with van der Waals surface area (Å²) in [6, 6.07) is 11.2. The summed E-state index contributed by atoms with van der Waals surface area (Å²) >= 11 is 8.10. The highest BCUT2D eigenvalue weighted by atomic mass is 79.9. The smallest absolute Gasteiger partial charge is 0.282 e. The molecule has 3 aromatic rings. The Morgan fingerprint density at radius 3 is 2.77 bits per heavy atom. The molecule has 0 unspecified atom stereocenters. The number of hydrogen-bond donors (Lipinski definition) is 1. The average molecular weight is 493 g/mol. The van der Waals surface area contributed by atoms with Crippen LogP contribution in [0.15, 0.2) is 56.0 Å². The fraction of sp³-hybridized carbons (Fsp3) is 0.0556. The summed E-state index contributed by atoms with van der Waals surface area (Å²) in [5, 5.41) is 16.4. The number of halogens is 2. The van der Waals surface area contributed by atoms with Crippen LogP contribution >= 0.6 is 43.2 Å². The largest absolute Gasteiger partial charge is 0.506 e. The summed E-state index contributed by atoms with van der Waals surface area (Å²) in [6.45, 7) is 1.77. The molecule has 0 bridgehead atoms. The molecule has 4 rings (SSSR count). The van der Waals surface area contributed by atoms with Crippen LogP contribution in [-0.4, -0.2) is 21.7 Å². The fourth-order valence-corrected chi connectivity index (χ4v) is 4.79. The predicted molar refractivity (Wildman–Crippen MR) is 112 cm³/mol. The van der Waals surface area contributed by atoms with Crippen molar-refractivity contribution >= 4 is 76.2 Å². The maximum Gasteiger partial charge on any atom is 0.282 e. The normalized spacial score (nSPS) is 16.0. The predicted octanol–water partition coefficient (Wildman–Crippen LogP) is 5.33. The molecule has 5 nitrogen and oxygen atoms in total. The second-order valence-corrected chi connectivity index (χ2v) is 8.43. The molecule has 0 aliphatic carbocycles. The number of phenolic OH excluding ortho intramolecular Hbond substituents is 1. The number of hydrogen-bond acceptors (Lipinski definition) is 5. The molecule has 1 aliphatic rings. The zero-order chi connectivity index (χ0) is 18.4. The highest BCUT2D eigenvalue weighted by Crippen LogP contribution is 2.36. The number of carbonyl (C=O) groups excluding carboxylic acids is 1. The van der Waals surface area contributed by atoms with Gasteiger partial charge < -0.3 is 5.11 Å². The molecule has 2 aromatic carbocycles. The van der Waals surface area contributed by atoms with Gasteiger partial charge in [0, 0.05) is 10.0 Å². The van der Waals surface area contributed by atoms with Crippen LogP contribution in [0.25, 0.3) is 16.3 Å². The SMILES string of the molecule is CC1=NN(c2nc3ccccc3s2)C(=O)C1=Cc1cc(Br)cc(Br)c1O. The summed E-state index contributed by atoms with van der Waals surface area (Å²) in [7, 11) is 0. The van der Waals surface area contributed by atoms with E-state index in [1.54, 1.807) is 25.1 Å². The first-order valence-corrected chi connectivity index (χ1v) is 9.99. The lowest BCUT2D eigenvalue weighted by Gasteiger charge is -2.07. The minimum Gasteiger partial charge on any atom is -0.506 e. The van der Waals surface area contributed by atoms with Crippen molar-refractivity contribution in [1.29, 1.82) is 0 Å². The molecule has 8 heteroatoms. The van der Waals surface area contributed by atoms with Gasteiger partial charge in [-0.05, 0) is 53.2 Å². The van der Waals surface area contributed by atoms with Gasteiger partial charge in [-0.2, -0.15) is 10.1 Å². The van der Waals surface area contributed by atoms with Crippen LogP contribution in [0.3, 0.4) is 0 Å². The van der Waals surface area contributed by atoms with Crippen LogP contribution in [0.5, 0.6) is 5.75 Å². The van der Waals surface area contributed by atoms with Gasteiger partial charge in [-0.3, -0.25) is 4.79 Å². The van der Waals surface area contributed by atoms with Crippen molar-refractivity contribution in [1.82, 2.24) is 4.98 Å². The quantitative estimate of drug-likeness (QED) is 0.491. The number of aromatic hydroxyl groups is 1. The third-order valence-corrected chi connectivity index (χ3v) is 5.96. The lowest BCUT2D eigenvalue weighted by atomic mass is 10.1. The van der Waals surface area contributed by atoms with Gasteiger partial charge in [0.2, 0.25) is 5.13 Å². The van der Waals surface area contributed by atoms with E-state index in [4.69, 9.17) is 0 Å². The van der Waals surface area contributed by atoms with Crippen molar-refractivity contribution in [2.75, 3.05) is 5.01 Å².